The number of anilines is 2. The maximum atomic E-state index is 12.4. The number of nitrogens with two attached hydrogens (primary N) is 1. The lowest BCUT2D eigenvalue weighted by Gasteiger charge is -2.34. The van der Waals surface area contributed by atoms with Gasteiger partial charge in [0.2, 0.25) is 0 Å². The number of rotatable bonds is 2. The molecule has 1 aromatic heterocycles. The highest BCUT2D eigenvalue weighted by atomic mass is 19.4. The van der Waals surface area contributed by atoms with Gasteiger partial charge in [-0.05, 0) is 6.92 Å². The molecule has 0 amide bonds. The quantitative estimate of drug-likeness (QED) is 0.829. The van der Waals surface area contributed by atoms with Crippen molar-refractivity contribution in [1.29, 1.82) is 0 Å². The van der Waals surface area contributed by atoms with Crippen molar-refractivity contribution in [3.63, 3.8) is 0 Å². The molecule has 1 fully saturated rings. The summed E-state index contributed by atoms with van der Waals surface area (Å²) in [7, 11) is 0. The van der Waals surface area contributed by atoms with Gasteiger partial charge in [0.1, 0.15) is 6.54 Å². The third-order valence-electron chi connectivity index (χ3n) is 2.84. The predicted molar refractivity (Wildman–Crippen MR) is 62.4 cm³/mol. The largest absolute Gasteiger partial charge is 0.408 e. The Kier molecular flexibility index (Phi) is 3.38. The second-order valence-electron chi connectivity index (χ2n) is 4.50. The average Bonchev–Trinajstić information content (AvgIpc) is 2.57. The van der Waals surface area contributed by atoms with Crippen molar-refractivity contribution in [2.45, 2.75) is 25.7 Å². The SMILES string of the molecule is CC1CN(c2c(N)cnn2CC(F)(F)F)CCN1. The molecule has 0 aromatic carbocycles. The van der Waals surface area contributed by atoms with E-state index in [4.69, 9.17) is 5.73 Å². The van der Waals surface area contributed by atoms with Gasteiger partial charge in [0.05, 0.1) is 11.9 Å². The van der Waals surface area contributed by atoms with Gasteiger partial charge in [-0.2, -0.15) is 18.3 Å². The Labute approximate surface area is 103 Å². The Morgan fingerprint density at radius 1 is 1.56 bits per heavy atom. The number of nitrogen functional groups attached to an aromatic ring is 1. The van der Waals surface area contributed by atoms with E-state index in [1.54, 1.807) is 0 Å². The van der Waals surface area contributed by atoms with Crippen LogP contribution in [0.3, 0.4) is 0 Å². The van der Waals surface area contributed by atoms with Crippen molar-refractivity contribution >= 4 is 11.5 Å². The van der Waals surface area contributed by atoms with Crippen molar-refractivity contribution in [2.75, 3.05) is 30.3 Å². The van der Waals surface area contributed by atoms with Crippen molar-refractivity contribution in [3.05, 3.63) is 6.20 Å². The molecule has 1 unspecified atom stereocenters. The summed E-state index contributed by atoms with van der Waals surface area (Å²) in [6.45, 7) is 2.83. The van der Waals surface area contributed by atoms with Gasteiger partial charge >= 0.3 is 6.18 Å². The van der Waals surface area contributed by atoms with Gasteiger partial charge < -0.3 is 16.0 Å². The highest BCUT2D eigenvalue weighted by Crippen LogP contribution is 2.27. The first kappa shape index (κ1) is 13.0. The van der Waals surface area contributed by atoms with E-state index in [-0.39, 0.29) is 11.7 Å². The predicted octanol–water partition coefficient (Wildman–Crippen LogP) is 0.826. The molecule has 0 aliphatic carbocycles. The van der Waals surface area contributed by atoms with Crippen LogP contribution in [0.4, 0.5) is 24.7 Å². The fraction of sp³-hybridized carbons (Fsp3) is 0.700. The summed E-state index contributed by atoms with van der Waals surface area (Å²) in [5.41, 5.74) is 6.01. The van der Waals surface area contributed by atoms with Crippen LogP contribution in [-0.4, -0.2) is 41.6 Å². The summed E-state index contributed by atoms with van der Waals surface area (Å²) >= 11 is 0. The van der Waals surface area contributed by atoms with Gasteiger partial charge in [-0.3, -0.25) is 0 Å². The van der Waals surface area contributed by atoms with Crippen LogP contribution in [0.5, 0.6) is 0 Å². The zero-order chi connectivity index (χ0) is 13.3. The molecular weight excluding hydrogens is 247 g/mol. The minimum atomic E-state index is -4.30. The number of hydrogen-bond acceptors (Lipinski definition) is 4. The smallest absolute Gasteiger partial charge is 0.394 e. The first-order valence-electron chi connectivity index (χ1n) is 5.73. The summed E-state index contributed by atoms with van der Waals surface area (Å²) in [5.74, 6) is 0.362. The molecule has 1 atom stereocenters. The van der Waals surface area contributed by atoms with Crippen LogP contribution in [0.25, 0.3) is 0 Å². The molecular formula is C10H16F3N5. The van der Waals surface area contributed by atoms with Crippen LogP contribution in [-0.2, 0) is 6.54 Å². The van der Waals surface area contributed by atoms with E-state index in [9.17, 15) is 13.2 Å². The zero-order valence-electron chi connectivity index (χ0n) is 10.0. The molecule has 2 rings (SSSR count). The van der Waals surface area contributed by atoms with Crippen molar-refractivity contribution in [2.24, 2.45) is 0 Å². The Hall–Kier alpha value is -1.44. The number of halogens is 3. The second-order valence-corrected chi connectivity index (χ2v) is 4.50. The van der Waals surface area contributed by atoms with Crippen LogP contribution in [0.1, 0.15) is 6.92 Å². The van der Waals surface area contributed by atoms with E-state index in [0.717, 1.165) is 11.2 Å². The molecule has 0 bridgehead atoms. The number of hydrogen-bond donors (Lipinski definition) is 2. The Balaban J connectivity index is 2.23. The highest BCUT2D eigenvalue weighted by Gasteiger charge is 2.31. The third kappa shape index (κ3) is 2.87. The summed E-state index contributed by atoms with van der Waals surface area (Å²) in [6, 6.07) is 0.215. The molecule has 2 heterocycles. The molecule has 0 saturated carbocycles. The minimum Gasteiger partial charge on any atom is -0.394 e. The van der Waals surface area contributed by atoms with E-state index in [0.29, 0.717) is 18.9 Å². The topological polar surface area (TPSA) is 59.1 Å². The maximum absolute atomic E-state index is 12.4. The lowest BCUT2D eigenvalue weighted by atomic mass is 10.2. The van der Waals surface area contributed by atoms with E-state index in [2.05, 4.69) is 10.4 Å². The van der Waals surface area contributed by atoms with Crippen LogP contribution in [0.15, 0.2) is 6.20 Å². The van der Waals surface area contributed by atoms with Gasteiger partial charge in [-0.1, -0.05) is 0 Å². The van der Waals surface area contributed by atoms with Crippen LogP contribution in [0, 0.1) is 0 Å². The molecule has 1 aromatic rings. The number of aromatic nitrogens is 2. The lowest BCUT2D eigenvalue weighted by molar-refractivity contribution is -0.142. The summed E-state index contributed by atoms with van der Waals surface area (Å²) in [5, 5.41) is 6.94. The first-order valence-corrected chi connectivity index (χ1v) is 5.73. The molecule has 0 spiro atoms. The Morgan fingerprint density at radius 3 is 2.89 bits per heavy atom. The fourth-order valence-corrected chi connectivity index (χ4v) is 2.15. The van der Waals surface area contributed by atoms with Gasteiger partial charge in [0.25, 0.3) is 0 Å². The molecule has 0 radical (unpaired) electrons. The maximum Gasteiger partial charge on any atom is 0.408 e. The second kappa shape index (κ2) is 4.68. The number of nitrogens with zero attached hydrogens (tertiary/aromatic N) is 3. The van der Waals surface area contributed by atoms with Crippen LogP contribution < -0.4 is 16.0 Å². The van der Waals surface area contributed by atoms with Crippen LogP contribution >= 0.6 is 0 Å². The van der Waals surface area contributed by atoms with Gasteiger partial charge in [-0.25, -0.2) is 4.68 Å². The average molecular weight is 263 g/mol. The molecule has 1 aliphatic heterocycles. The number of nitrogens with one attached hydrogen (secondary N) is 1. The van der Waals surface area contributed by atoms with Crippen molar-refractivity contribution in [1.82, 2.24) is 15.1 Å². The monoisotopic (exact) mass is 263 g/mol. The first-order chi connectivity index (χ1) is 8.37. The molecule has 18 heavy (non-hydrogen) atoms. The summed E-state index contributed by atoms with van der Waals surface area (Å²) in [4.78, 5) is 1.84. The molecule has 5 nitrogen and oxygen atoms in total. The van der Waals surface area contributed by atoms with E-state index in [1.165, 1.54) is 6.20 Å². The van der Waals surface area contributed by atoms with Crippen molar-refractivity contribution < 1.29 is 13.2 Å². The molecule has 1 aliphatic rings. The molecule has 3 N–H and O–H groups in total. The third-order valence-corrected chi connectivity index (χ3v) is 2.84. The van der Waals surface area contributed by atoms with Gasteiger partial charge in [-0.15, -0.1) is 0 Å². The standard InChI is InChI=1S/C10H16F3N5/c1-7-5-17(3-2-15-7)9-8(14)4-16-18(9)6-10(11,12)13/h4,7,15H,2-3,5-6,14H2,1H3. The Bertz CT molecular complexity index is 414. The van der Waals surface area contributed by atoms with E-state index >= 15 is 0 Å². The molecule has 102 valence electrons. The molecule has 8 heteroatoms. The van der Waals surface area contributed by atoms with Crippen LogP contribution in [0.2, 0.25) is 0 Å². The van der Waals surface area contributed by atoms with E-state index < -0.39 is 12.7 Å². The fourth-order valence-electron chi connectivity index (χ4n) is 2.15. The van der Waals surface area contributed by atoms with Gasteiger partial charge in [0, 0.05) is 25.7 Å². The summed E-state index contributed by atoms with van der Waals surface area (Å²) < 4.78 is 38.2. The lowest BCUT2D eigenvalue weighted by Crippen LogP contribution is -2.50. The highest BCUT2D eigenvalue weighted by molar-refractivity contribution is 5.62. The normalized spacial score (nSPS) is 21.3. The van der Waals surface area contributed by atoms with E-state index in [1.807, 2.05) is 11.8 Å². The Morgan fingerprint density at radius 2 is 2.28 bits per heavy atom. The zero-order valence-corrected chi connectivity index (χ0v) is 10.0. The number of piperazine rings is 1. The van der Waals surface area contributed by atoms with Crippen molar-refractivity contribution in [3.8, 4) is 0 Å². The van der Waals surface area contributed by atoms with Gasteiger partial charge in [0.15, 0.2) is 5.82 Å². The summed E-state index contributed by atoms with van der Waals surface area (Å²) in [6.07, 6.45) is -3.03. The minimum absolute atomic E-state index is 0.215. The molecule has 1 saturated heterocycles. The number of alkyl halides is 3.